The molecule has 0 aliphatic rings. The van der Waals surface area contributed by atoms with Crippen molar-refractivity contribution in [3.63, 3.8) is 0 Å². The zero-order chi connectivity index (χ0) is 17.4. The van der Waals surface area contributed by atoms with Gasteiger partial charge in [0.2, 0.25) is 5.91 Å². The van der Waals surface area contributed by atoms with Crippen LogP contribution in [0.5, 0.6) is 5.75 Å². The average Bonchev–Trinajstić information content (AvgIpc) is 2.61. The summed E-state index contributed by atoms with van der Waals surface area (Å²) in [5.74, 6) is 1.32. The maximum absolute atomic E-state index is 12.5. The second-order valence-corrected chi connectivity index (χ2v) is 6.28. The molecule has 3 nitrogen and oxygen atoms in total. The molecule has 0 bridgehead atoms. The highest BCUT2D eigenvalue weighted by molar-refractivity contribution is 5.77. The maximum Gasteiger partial charge on any atom is 0.221 e. The molecule has 3 heteroatoms. The highest BCUT2D eigenvalue weighted by atomic mass is 16.5. The van der Waals surface area contributed by atoms with Crippen LogP contribution in [0.4, 0.5) is 0 Å². The van der Waals surface area contributed by atoms with Crippen molar-refractivity contribution in [2.45, 2.75) is 39.2 Å². The van der Waals surface area contributed by atoms with E-state index < -0.39 is 0 Å². The predicted molar refractivity (Wildman–Crippen MR) is 98.1 cm³/mol. The number of carbonyl (C=O) groups is 1. The summed E-state index contributed by atoms with van der Waals surface area (Å²) in [5.41, 5.74) is 2.14. The Bertz CT molecular complexity index is 622. The van der Waals surface area contributed by atoms with Gasteiger partial charge in [-0.25, -0.2) is 0 Å². The van der Waals surface area contributed by atoms with E-state index in [0.29, 0.717) is 12.3 Å². The Kier molecular flexibility index (Phi) is 6.86. The van der Waals surface area contributed by atoms with Crippen LogP contribution < -0.4 is 10.1 Å². The number of hydrogen-bond donors (Lipinski definition) is 1. The van der Waals surface area contributed by atoms with Crippen LogP contribution in [0.2, 0.25) is 0 Å². The van der Waals surface area contributed by atoms with Crippen LogP contribution in [-0.4, -0.2) is 13.0 Å². The first-order valence-corrected chi connectivity index (χ1v) is 8.62. The third-order valence-corrected chi connectivity index (χ3v) is 4.20. The van der Waals surface area contributed by atoms with E-state index in [1.165, 1.54) is 0 Å². The fraction of sp³-hybridized carbons (Fsp3) is 0.381. The smallest absolute Gasteiger partial charge is 0.221 e. The summed E-state index contributed by atoms with van der Waals surface area (Å²) in [7, 11) is 1.65. The van der Waals surface area contributed by atoms with Crippen molar-refractivity contribution in [2.75, 3.05) is 7.11 Å². The van der Waals surface area contributed by atoms with Gasteiger partial charge < -0.3 is 10.1 Å². The van der Waals surface area contributed by atoms with Crippen molar-refractivity contribution < 1.29 is 9.53 Å². The van der Waals surface area contributed by atoms with E-state index in [1.807, 2.05) is 54.6 Å². The zero-order valence-electron chi connectivity index (χ0n) is 14.8. The van der Waals surface area contributed by atoms with Gasteiger partial charge in [-0.05, 0) is 29.2 Å². The van der Waals surface area contributed by atoms with E-state index in [4.69, 9.17) is 4.74 Å². The molecule has 0 heterocycles. The highest BCUT2D eigenvalue weighted by Gasteiger charge is 2.18. The van der Waals surface area contributed by atoms with Gasteiger partial charge in [0, 0.05) is 6.42 Å². The maximum atomic E-state index is 12.5. The molecule has 2 unspecified atom stereocenters. The molecule has 0 saturated heterocycles. The number of hydrogen-bond acceptors (Lipinski definition) is 2. The first kappa shape index (κ1) is 18.1. The SMILES string of the molecule is CCCC(C)CC(=O)NC(c1ccccc1)c1ccc(OC)cc1. The summed E-state index contributed by atoms with van der Waals surface area (Å²) in [6.45, 7) is 4.28. The van der Waals surface area contributed by atoms with E-state index in [0.717, 1.165) is 29.7 Å². The van der Waals surface area contributed by atoms with E-state index in [1.54, 1.807) is 7.11 Å². The number of amides is 1. The quantitative estimate of drug-likeness (QED) is 0.762. The minimum Gasteiger partial charge on any atom is -0.497 e. The number of rotatable bonds is 8. The van der Waals surface area contributed by atoms with Gasteiger partial charge in [0.05, 0.1) is 13.2 Å². The van der Waals surface area contributed by atoms with E-state index in [-0.39, 0.29) is 11.9 Å². The second-order valence-electron chi connectivity index (χ2n) is 6.28. The summed E-state index contributed by atoms with van der Waals surface area (Å²) in [5, 5.41) is 3.20. The molecular weight excluding hydrogens is 298 g/mol. The molecule has 1 N–H and O–H groups in total. The Morgan fingerprint density at radius 3 is 2.25 bits per heavy atom. The summed E-state index contributed by atoms with van der Waals surface area (Å²) in [6.07, 6.45) is 2.74. The lowest BCUT2D eigenvalue weighted by atomic mass is 9.97. The molecule has 0 spiro atoms. The zero-order valence-corrected chi connectivity index (χ0v) is 14.8. The van der Waals surface area contributed by atoms with Gasteiger partial charge >= 0.3 is 0 Å². The van der Waals surface area contributed by atoms with Gasteiger partial charge in [0.25, 0.3) is 0 Å². The van der Waals surface area contributed by atoms with Crippen LogP contribution >= 0.6 is 0 Å². The predicted octanol–water partition coefficient (Wildman–Crippen LogP) is 4.73. The third-order valence-electron chi connectivity index (χ3n) is 4.20. The monoisotopic (exact) mass is 325 g/mol. The van der Waals surface area contributed by atoms with Crippen molar-refractivity contribution in [3.05, 3.63) is 65.7 Å². The summed E-state index contributed by atoms with van der Waals surface area (Å²) >= 11 is 0. The molecule has 2 aromatic rings. The van der Waals surface area contributed by atoms with Crippen LogP contribution in [-0.2, 0) is 4.79 Å². The molecule has 0 saturated carbocycles. The Morgan fingerprint density at radius 2 is 1.67 bits per heavy atom. The number of carbonyl (C=O) groups excluding carboxylic acids is 1. The Hall–Kier alpha value is -2.29. The standard InChI is InChI=1S/C21H27NO2/c1-4-8-16(2)15-20(23)22-21(17-9-6-5-7-10-17)18-11-13-19(24-3)14-12-18/h5-7,9-14,16,21H,4,8,15H2,1-3H3,(H,22,23). The normalized spacial score (nSPS) is 13.1. The Morgan fingerprint density at radius 1 is 1.04 bits per heavy atom. The van der Waals surface area contributed by atoms with Crippen molar-refractivity contribution in [1.82, 2.24) is 5.32 Å². The molecule has 24 heavy (non-hydrogen) atoms. The topological polar surface area (TPSA) is 38.3 Å². The van der Waals surface area contributed by atoms with Crippen molar-refractivity contribution in [3.8, 4) is 5.75 Å². The molecule has 0 aliphatic heterocycles. The Labute approximate surface area is 145 Å². The molecule has 128 valence electrons. The van der Waals surface area contributed by atoms with Gasteiger partial charge in [-0.15, -0.1) is 0 Å². The summed E-state index contributed by atoms with van der Waals surface area (Å²) in [6, 6.07) is 17.8. The largest absolute Gasteiger partial charge is 0.497 e. The first-order valence-electron chi connectivity index (χ1n) is 8.62. The van der Waals surface area contributed by atoms with Gasteiger partial charge in [-0.3, -0.25) is 4.79 Å². The second kappa shape index (κ2) is 9.11. The van der Waals surface area contributed by atoms with Crippen molar-refractivity contribution >= 4 is 5.91 Å². The van der Waals surface area contributed by atoms with E-state index in [2.05, 4.69) is 19.2 Å². The fourth-order valence-corrected chi connectivity index (χ4v) is 2.93. The molecule has 0 radical (unpaired) electrons. The lowest BCUT2D eigenvalue weighted by Crippen LogP contribution is -2.30. The molecule has 0 aliphatic carbocycles. The first-order chi connectivity index (χ1) is 11.6. The number of ether oxygens (including phenoxy) is 1. The molecule has 2 aromatic carbocycles. The highest BCUT2D eigenvalue weighted by Crippen LogP contribution is 2.24. The van der Waals surface area contributed by atoms with Crippen LogP contribution in [0, 0.1) is 5.92 Å². The Balaban J connectivity index is 2.18. The molecule has 1 amide bonds. The number of methoxy groups -OCH3 is 1. The van der Waals surface area contributed by atoms with Gasteiger partial charge in [0.1, 0.15) is 5.75 Å². The minimum atomic E-state index is -0.140. The molecule has 2 rings (SSSR count). The van der Waals surface area contributed by atoms with E-state index in [9.17, 15) is 4.79 Å². The number of benzene rings is 2. The molecule has 2 atom stereocenters. The van der Waals surface area contributed by atoms with E-state index >= 15 is 0 Å². The van der Waals surface area contributed by atoms with Crippen LogP contribution in [0.1, 0.15) is 50.3 Å². The molecular formula is C21H27NO2. The fourth-order valence-electron chi connectivity index (χ4n) is 2.93. The van der Waals surface area contributed by atoms with Crippen molar-refractivity contribution in [2.24, 2.45) is 5.92 Å². The average molecular weight is 325 g/mol. The summed E-state index contributed by atoms with van der Waals surface area (Å²) in [4.78, 5) is 12.5. The van der Waals surface area contributed by atoms with Crippen LogP contribution in [0.3, 0.4) is 0 Å². The third kappa shape index (κ3) is 5.12. The van der Waals surface area contributed by atoms with Gasteiger partial charge in [-0.2, -0.15) is 0 Å². The van der Waals surface area contributed by atoms with Crippen molar-refractivity contribution in [1.29, 1.82) is 0 Å². The van der Waals surface area contributed by atoms with Gasteiger partial charge in [0.15, 0.2) is 0 Å². The lowest BCUT2D eigenvalue weighted by Gasteiger charge is -2.21. The number of nitrogens with one attached hydrogen (secondary N) is 1. The van der Waals surface area contributed by atoms with Gasteiger partial charge in [-0.1, -0.05) is 69.2 Å². The van der Waals surface area contributed by atoms with Crippen LogP contribution in [0.25, 0.3) is 0 Å². The summed E-state index contributed by atoms with van der Waals surface area (Å²) < 4.78 is 5.23. The molecule has 0 aromatic heterocycles. The minimum absolute atomic E-state index is 0.0978. The van der Waals surface area contributed by atoms with Crippen LogP contribution in [0.15, 0.2) is 54.6 Å². The lowest BCUT2D eigenvalue weighted by molar-refractivity contribution is -0.122. The molecule has 0 fully saturated rings.